The van der Waals surface area contributed by atoms with Crippen molar-refractivity contribution in [1.82, 2.24) is 15.1 Å². The predicted octanol–water partition coefficient (Wildman–Crippen LogP) is 1.57. The van der Waals surface area contributed by atoms with Crippen molar-refractivity contribution in [3.8, 4) is 0 Å². The van der Waals surface area contributed by atoms with E-state index in [0.29, 0.717) is 0 Å². The maximum atomic E-state index is 4.17. The number of likely N-dealkylation sites (N-methyl/N-ethyl adjacent to an activating group) is 1. The number of nitrogens with zero attached hydrogens (tertiary/aromatic N) is 2. The van der Waals surface area contributed by atoms with Crippen molar-refractivity contribution in [2.45, 2.75) is 33.2 Å². The van der Waals surface area contributed by atoms with Gasteiger partial charge in [0, 0.05) is 44.8 Å². The summed E-state index contributed by atoms with van der Waals surface area (Å²) in [6.45, 7) is 20.9. The summed E-state index contributed by atoms with van der Waals surface area (Å²) in [7, 11) is 0. The summed E-state index contributed by atoms with van der Waals surface area (Å²) in [5.41, 5.74) is 1.48. The van der Waals surface area contributed by atoms with E-state index in [1.807, 2.05) is 0 Å². The van der Waals surface area contributed by atoms with Crippen molar-refractivity contribution >= 4 is 0 Å². The van der Waals surface area contributed by atoms with Gasteiger partial charge in [0.25, 0.3) is 0 Å². The minimum absolute atomic E-state index is 0.184. The lowest BCUT2D eigenvalue weighted by Crippen LogP contribution is -2.47. The van der Waals surface area contributed by atoms with Gasteiger partial charge < -0.3 is 10.2 Å². The van der Waals surface area contributed by atoms with Crippen LogP contribution in [0.15, 0.2) is 12.2 Å². The Morgan fingerprint density at radius 3 is 2.12 bits per heavy atom. The Kier molecular flexibility index (Phi) is 5.63. The average Bonchev–Trinajstić information content (AvgIpc) is 2.27. The number of hydrogen-bond donors (Lipinski definition) is 1. The van der Waals surface area contributed by atoms with Gasteiger partial charge in [-0.2, -0.15) is 0 Å². The summed E-state index contributed by atoms with van der Waals surface area (Å²) in [6.07, 6.45) is 0. The van der Waals surface area contributed by atoms with Crippen LogP contribution in [0, 0.1) is 0 Å². The van der Waals surface area contributed by atoms with Gasteiger partial charge >= 0.3 is 0 Å². The molecular formula is C14H29N3. The van der Waals surface area contributed by atoms with Crippen LogP contribution >= 0.6 is 0 Å². The smallest absolute Gasteiger partial charge is 0.0203 e. The molecule has 1 aliphatic rings. The molecule has 3 heteroatoms. The molecule has 0 amide bonds. The van der Waals surface area contributed by atoms with E-state index in [1.54, 1.807) is 0 Å². The highest BCUT2D eigenvalue weighted by atomic mass is 15.3. The standard InChI is InChI=1S/C14H29N3/c1-6-16-7-9-17(10-8-16)12-13(2)11-15-14(3,4)5/h15H,2,6-12H2,1,3-5H3. The van der Waals surface area contributed by atoms with Crippen LogP contribution in [0.25, 0.3) is 0 Å². The molecule has 0 aromatic heterocycles. The van der Waals surface area contributed by atoms with Crippen molar-refractivity contribution in [2.75, 3.05) is 45.8 Å². The normalized spacial score (nSPS) is 19.5. The SMILES string of the molecule is C=C(CNC(C)(C)C)CN1CCN(CC)CC1. The Morgan fingerprint density at radius 1 is 1.12 bits per heavy atom. The first kappa shape index (κ1) is 14.7. The van der Waals surface area contributed by atoms with E-state index in [0.717, 1.165) is 13.1 Å². The van der Waals surface area contributed by atoms with E-state index < -0.39 is 0 Å². The predicted molar refractivity (Wildman–Crippen MR) is 75.4 cm³/mol. The van der Waals surface area contributed by atoms with Crippen LogP contribution in [0.1, 0.15) is 27.7 Å². The molecule has 1 rings (SSSR count). The summed E-state index contributed by atoms with van der Waals surface area (Å²) in [4.78, 5) is 5.02. The lowest BCUT2D eigenvalue weighted by molar-refractivity contribution is 0.145. The molecule has 0 aromatic rings. The highest BCUT2D eigenvalue weighted by Gasteiger charge is 2.16. The van der Waals surface area contributed by atoms with Crippen molar-refractivity contribution < 1.29 is 0 Å². The Labute approximate surface area is 107 Å². The molecule has 0 unspecified atom stereocenters. The second kappa shape index (κ2) is 6.53. The van der Waals surface area contributed by atoms with Crippen LogP contribution in [0.5, 0.6) is 0 Å². The molecule has 1 N–H and O–H groups in total. The quantitative estimate of drug-likeness (QED) is 0.735. The zero-order valence-corrected chi connectivity index (χ0v) is 12.1. The second-order valence-corrected chi connectivity index (χ2v) is 6.06. The molecule has 1 aliphatic heterocycles. The van der Waals surface area contributed by atoms with Gasteiger partial charge in [0.15, 0.2) is 0 Å². The van der Waals surface area contributed by atoms with E-state index in [9.17, 15) is 0 Å². The molecule has 100 valence electrons. The fourth-order valence-electron chi connectivity index (χ4n) is 2.03. The third-order valence-electron chi connectivity index (χ3n) is 3.23. The summed E-state index contributed by atoms with van der Waals surface area (Å²) in [5, 5.41) is 3.49. The minimum atomic E-state index is 0.184. The van der Waals surface area contributed by atoms with Gasteiger partial charge in [0.1, 0.15) is 0 Å². The monoisotopic (exact) mass is 239 g/mol. The van der Waals surface area contributed by atoms with Crippen LogP contribution in [0.2, 0.25) is 0 Å². The van der Waals surface area contributed by atoms with E-state index >= 15 is 0 Å². The summed E-state index contributed by atoms with van der Waals surface area (Å²) >= 11 is 0. The van der Waals surface area contributed by atoms with Crippen LogP contribution in [0.3, 0.4) is 0 Å². The maximum absolute atomic E-state index is 4.17. The van der Waals surface area contributed by atoms with Crippen LogP contribution in [0.4, 0.5) is 0 Å². The van der Waals surface area contributed by atoms with E-state index in [1.165, 1.54) is 38.3 Å². The molecule has 1 heterocycles. The fourth-order valence-corrected chi connectivity index (χ4v) is 2.03. The van der Waals surface area contributed by atoms with Crippen molar-refractivity contribution in [1.29, 1.82) is 0 Å². The molecule has 0 aromatic carbocycles. The highest BCUT2D eigenvalue weighted by Crippen LogP contribution is 2.05. The molecule has 0 spiro atoms. The molecule has 0 bridgehead atoms. The molecule has 0 saturated carbocycles. The number of hydrogen-bond acceptors (Lipinski definition) is 3. The van der Waals surface area contributed by atoms with Gasteiger partial charge in [0.2, 0.25) is 0 Å². The molecule has 0 radical (unpaired) electrons. The van der Waals surface area contributed by atoms with Gasteiger partial charge in [-0.15, -0.1) is 0 Å². The van der Waals surface area contributed by atoms with Gasteiger partial charge in [-0.3, -0.25) is 4.90 Å². The lowest BCUT2D eigenvalue weighted by Gasteiger charge is -2.34. The van der Waals surface area contributed by atoms with E-state index in [-0.39, 0.29) is 5.54 Å². The number of piperazine rings is 1. The summed E-state index contributed by atoms with van der Waals surface area (Å²) < 4.78 is 0. The Bertz CT molecular complexity index is 234. The van der Waals surface area contributed by atoms with Crippen LogP contribution in [-0.4, -0.2) is 61.2 Å². The second-order valence-electron chi connectivity index (χ2n) is 6.06. The average molecular weight is 239 g/mol. The van der Waals surface area contributed by atoms with Crippen LogP contribution < -0.4 is 5.32 Å². The minimum Gasteiger partial charge on any atom is -0.308 e. The van der Waals surface area contributed by atoms with Crippen LogP contribution in [-0.2, 0) is 0 Å². The molecule has 1 fully saturated rings. The summed E-state index contributed by atoms with van der Waals surface area (Å²) in [5.74, 6) is 0. The van der Waals surface area contributed by atoms with Crippen molar-refractivity contribution in [3.63, 3.8) is 0 Å². The summed E-state index contributed by atoms with van der Waals surface area (Å²) in [6, 6.07) is 0. The Morgan fingerprint density at radius 2 is 1.65 bits per heavy atom. The number of rotatable bonds is 5. The molecule has 1 saturated heterocycles. The van der Waals surface area contributed by atoms with Crippen molar-refractivity contribution in [2.24, 2.45) is 0 Å². The molecular weight excluding hydrogens is 210 g/mol. The largest absolute Gasteiger partial charge is 0.308 e. The Hall–Kier alpha value is -0.380. The zero-order valence-electron chi connectivity index (χ0n) is 12.1. The zero-order chi connectivity index (χ0) is 12.9. The Balaban J connectivity index is 2.19. The van der Waals surface area contributed by atoms with Gasteiger partial charge in [0.05, 0.1) is 0 Å². The first-order valence-electron chi connectivity index (χ1n) is 6.77. The first-order valence-corrected chi connectivity index (χ1v) is 6.77. The van der Waals surface area contributed by atoms with E-state index in [4.69, 9.17) is 0 Å². The van der Waals surface area contributed by atoms with E-state index in [2.05, 4.69) is 49.4 Å². The third-order valence-corrected chi connectivity index (χ3v) is 3.23. The lowest BCUT2D eigenvalue weighted by atomic mass is 10.1. The molecule has 3 nitrogen and oxygen atoms in total. The molecule has 17 heavy (non-hydrogen) atoms. The molecule has 0 aliphatic carbocycles. The first-order chi connectivity index (χ1) is 7.90. The maximum Gasteiger partial charge on any atom is 0.0203 e. The number of nitrogens with one attached hydrogen (secondary N) is 1. The third kappa shape index (κ3) is 6.20. The van der Waals surface area contributed by atoms with Gasteiger partial charge in [-0.1, -0.05) is 13.5 Å². The fraction of sp³-hybridized carbons (Fsp3) is 0.857. The highest BCUT2D eigenvalue weighted by molar-refractivity contribution is 5.01. The van der Waals surface area contributed by atoms with Gasteiger partial charge in [-0.05, 0) is 32.9 Å². The van der Waals surface area contributed by atoms with Crippen molar-refractivity contribution in [3.05, 3.63) is 12.2 Å². The molecule has 0 atom stereocenters. The van der Waals surface area contributed by atoms with Gasteiger partial charge in [-0.25, -0.2) is 0 Å². The topological polar surface area (TPSA) is 18.5 Å².